The van der Waals surface area contributed by atoms with Crippen molar-refractivity contribution in [2.24, 2.45) is 5.92 Å². The SMILES string of the molecule is CC1CN(C)CCC1Nc1nc(N)nc(-n2cccn2)n1. The number of hydrogen-bond donors (Lipinski definition) is 2. The molecule has 2 aromatic rings. The van der Waals surface area contributed by atoms with Crippen LogP contribution in [0, 0.1) is 5.92 Å². The zero-order valence-corrected chi connectivity index (χ0v) is 12.3. The molecule has 8 heteroatoms. The lowest BCUT2D eigenvalue weighted by atomic mass is 9.94. The first-order valence-electron chi connectivity index (χ1n) is 7.08. The predicted octanol–water partition coefficient (Wildman–Crippen LogP) is 0.392. The second-order valence-electron chi connectivity index (χ2n) is 5.55. The van der Waals surface area contributed by atoms with Crippen molar-refractivity contribution in [3.63, 3.8) is 0 Å². The molecule has 21 heavy (non-hydrogen) atoms. The summed E-state index contributed by atoms with van der Waals surface area (Å²) in [5.74, 6) is 1.65. The molecule has 0 radical (unpaired) electrons. The fourth-order valence-corrected chi connectivity index (χ4v) is 2.67. The first kappa shape index (κ1) is 13.7. The smallest absolute Gasteiger partial charge is 0.257 e. The number of hydrogen-bond acceptors (Lipinski definition) is 7. The maximum absolute atomic E-state index is 5.78. The lowest BCUT2D eigenvalue weighted by Gasteiger charge is -2.35. The quantitative estimate of drug-likeness (QED) is 0.843. The molecule has 0 aromatic carbocycles. The van der Waals surface area contributed by atoms with E-state index >= 15 is 0 Å². The van der Waals surface area contributed by atoms with Crippen LogP contribution in [-0.2, 0) is 0 Å². The Balaban J connectivity index is 1.79. The highest BCUT2D eigenvalue weighted by molar-refractivity contribution is 5.36. The van der Waals surface area contributed by atoms with Gasteiger partial charge in [-0.2, -0.15) is 20.1 Å². The number of nitrogens with one attached hydrogen (secondary N) is 1. The minimum Gasteiger partial charge on any atom is -0.368 e. The van der Waals surface area contributed by atoms with Gasteiger partial charge in [0.25, 0.3) is 5.95 Å². The van der Waals surface area contributed by atoms with Crippen LogP contribution in [0.5, 0.6) is 0 Å². The molecule has 3 rings (SSSR count). The van der Waals surface area contributed by atoms with Crippen LogP contribution in [-0.4, -0.2) is 55.8 Å². The fourth-order valence-electron chi connectivity index (χ4n) is 2.67. The summed E-state index contributed by atoms with van der Waals surface area (Å²) >= 11 is 0. The van der Waals surface area contributed by atoms with Crippen molar-refractivity contribution in [3.8, 4) is 5.95 Å². The van der Waals surface area contributed by atoms with Crippen LogP contribution in [0.1, 0.15) is 13.3 Å². The highest BCUT2D eigenvalue weighted by Gasteiger charge is 2.25. The maximum Gasteiger partial charge on any atom is 0.257 e. The first-order valence-corrected chi connectivity index (χ1v) is 7.08. The third-order valence-electron chi connectivity index (χ3n) is 3.77. The van der Waals surface area contributed by atoms with Gasteiger partial charge in [-0.15, -0.1) is 0 Å². The summed E-state index contributed by atoms with van der Waals surface area (Å²) in [6.07, 6.45) is 4.50. The lowest BCUT2D eigenvalue weighted by Crippen LogP contribution is -2.43. The summed E-state index contributed by atoms with van der Waals surface area (Å²) in [7, 11) is 2.14. The monoisotopic (exact) mass is 288 g/mol. The Morgan fingerprint density at radius 1 is 1.33 bits per heavy atom. The van der Waals surface area contributed by atoms with E-state index in [1.807, 2.05) is 6.07 Å². The molecule has 1 aliphatic rings. The number of nitrogens with two attached hydrogens (primary N) is 1. The van der Waals surface area contributed by atoms with E-state index in [1.165, 1.54) is 0 Å². The molecule has 3 heterocycles. The lowest BCUT2D eigenvalue weighted by molar-refractivity contribution is 0.206. The Morgan fingerprint density at radius 2 is 2.19 bits per heavy atom. The molecule has 2 atom stereocenters. The maximum atomic E-state index is 5.78. The highest BCUT2D eigenvalue weighted by atomic mass is 15.4. The zero-order chi connectivity index (χ0) is 14.8. The van der Waals surface area contributed by atoms with Gasteiger partial charge in [-0.05, 0) is 32.0 Å². The third-order valence-corrected chi connectivity index (χ3v) is 3.77. The van der Waals surface area contributed by atoms with Crippen molar-refractivity contribution >= 4 is 11.9 Å². The highest BCUT2D eigenvalue weighted by Crippen LogP contribution is 2.19. The van der Waals surface area contributed by atoms with Gasteiger partial charge in [-0.1, -0.05) is 6.92 Å². The summed E-state index contributed by atoms with van der Waals surface area (Å²) in [5.41, 5.74) is 5.78. The van der Waals surface area contributed by atoms with Gasteiger partial charge in [0.1, 0.15) is 0 Å². The molecule has 2 unspecified atom stereocenters. The minimum absolute atomic E-state index is 0.193. The normalized spacial score (nSPS) is 23.1. The van der Waals surface area contributed by atoms with Crippen molar-refractivity contribution in [2.75, 3.05) is 31.2 Å². The van der Waals surface area contributed by atoms with E-state index in [2.05, 4.69) is 44.2 Å². The van der Waals surface area contributed by atoms with E-state index in [0.29, 0.717) is 23.9 Å². The summed E-state index contributed by atoms with van der Waals surface area (Å²) in [6.45, 7) is 4.35. The summed E-state index contributed by atoms with van der Waals surface area (Å²) < 4.78 is 1.57. The third kappa shape index (κ3) is 3.10. The van der Waals surface area contributed by atoms with Gasteiger partial charge in [-0.25, -0.2) is 4.68 Å². The molecule has 8 nitrogen and oxygen atoms in total. The minimum atomic E-state index is 0.193. The number of nitrogens with zero attached hydrogens (tertiary/aromatic N) is 6. The zero-order valence-electron chi connectivity index (χ0n) is 12.3. The molecule has 0 bridgehead atoms. The van der Waals surface area contributed by atoms with Crippen LogP contribution < -0.4 is 11.1 Å². The van der Waals surface area contributed by atoms with Gasteiger partial charge in [0.05, 0.1) is 0 Å². The Hall–Kier alpha value is -2.22. The van der Waals surface area contributed by atoms with Crippen molar-refractivity contribution < 1.29 is 0 Å². The van der Waals surface area contributed by atoms with Gasteiger partial charge in [0, 0.05) is 25.0 Å². The molecular weight excluding hydrogens is 268 g/mol. The van der Waals surface area contributed by atoms with E-state index in [9.17, 15) is 0 Å². The number of anilines is 2. The number of nitrogen functional groups attached to an aromatic ring is 1. The molecule has 3 N–H and O–H groups in total. The van der Waals surface area contributed by atoms with E-state index < -0.39 is 0 Å². The Morgan fingerprint density at radius 3 is 2.90 bits per heavy atom. The number of likely N-dealkylation sites (tertiary alicyclic amines) is 1. The van der Waals surface area contributed by atoms with E-state index in [4.69, 9.17) is 5.73 Å². The molecule has 0 saturated carbocycles. The summed E-state index contributed by atoms with van der Waals surface area (Å²) in [4.78, 5) is 15.0. The van der Waals surface area contributed by atoms with E-state index in [0.717, 1.165) is 19.5 Å². The van der Waals surface area contributed by atoms with E-state index in [-0.39, 0.29) is 5.95 Å². The molecule has 1 aliphatic heterocycles. The molecule has 1 fully saturated rings. The molecule has 0 spiro atoms. The molecule has 0 amide bonds. The fraction of sp³-hybridized carbons (Fsp3) is 0.538. The molecule has 1 saturated heterocycles. The van der Waals surface area contributed by atoms with Gasteiger partial charge >= 0.3 is 0 Å². The molecule has 112 valence electrons. The largest absolute Gasteiger partial charge is 0.368 e. The first-order chi connectivity index (χ1) is 10.1. The van der Waals surface area contributed by atoms with Gasteiger partial charge < -0.3 is 16.0 Å². The van der Waals surface area contributed by atoms with Crippen LogP contribution >= 0.6 is 0 Å². The number of rotatable bonds is 3. The number of piperidine rings is 1. The predicted molar refractivity (Wildman–Crippen MR) is 80.1 cm³/mol. The second-order valence-corrected chi connectivity index (χ2v) is 5.55. The standard InChI is InChI=1S/C13H20N8/c1-9-8-20(2)7-4-10(9)16-12-17-11(14)18-13(19-12)21-6-3-5-15-21/h3,5-6,9-10H,4,7-8H2,1-2H3,(H3,14,16,17,18,19). The van der Waals surface area contributed by atoms with Crippen LogP contribution in [0.4, 0.5) is 11.9 Å². The average molecular weight is 288 g/mol. The Labute approximate surface area is 123 Å². The van der Waals surface area contributed by atoms with Crippen molar-refractivity contribution in [2.45, 2.75) is 19.4 Å². The molecule has 0 aliphatic carbocycles. The summed E-state index contributed by atoms with van der Waals surface area (Å²) in [6, 6.07) is 2.15. The summed E-state index contributed by atoms with van der Waals surface area (Å²) in [5, 5.41) is 7.50. The van der Waals surface area contributed by atoms with Crippen LogP contribution in [0.15, 0.2) is 18.5 Å². The van der Waals surface area contributed by atoms with Crippen molar-refractivity contribution in [1.29, 1.82) is 0 Å². The topological polar surface area (TPSA) is 97.8 Å². The Bertz CT molecular complexity index is 596. The number of aromatic nitrogens is 5. The second kappa shape index (κ2) is 5.65. The van der Waals surface area contributed by atoms with Crippen molar-refractivity contribution in [3.05, 3.63) is 18.5 Å². The average Bonchev–Trinajstić information content (AvgIpc) is 2.95. The van der Waals surface area contributed by atoms with Crippen LogP contribution in [0.3, 0.4) is 0 Å². The van der Waals surface area contributed by atoms with Gasteiger partial charge in [0.15, 0.2) is 0 Å². The van der Waals surface area contributed by atoms with Crippen LogP contribution in [0.25, 0.3) is 5.95 Å². The Kier molecular flexibility index (Phi) is 3.70. The van der Waals surface area contributed by atoms with E-state index in [1.54, 1.807) is 17.1 Å². The van der Waals surface area contributed by atoms with Crippen molar-refractivity contribution in [1.82, 2.24) is 29.6 Å². The van der Waals surface area contributed by atoms with Gasteiger partial charge in [0.2, 0.25) is 11.9 Å². The molecule has 2 aromatic heterocycles. The molecular formula is C13H20N8. The van der Waals surface area contributed by atoms with Gasteiger partial charge in [-0.3, -0.25) is 0 Å². The van der Waals surface area contributed by atoms with Crippen LogP contribution in [0.2, 0.25) is 0 Å².